The molecule has 0 fully saturated rings. The van der Waals surface area contributed by atoms with E-state index in [1.54, 1.807) is 12.1 Å². The fraction of sp³-hybridized carbons (Fsp3) is 0.200. The molecule has 0 saturated heterocycles. The summed E-state index contributed by atoms with van der Waals surface area (Å²) in [6.45, 7) is 0. The van der Waals surface area contributed by atoms with Gasteiger partial charge in [0.1, 0.15) is 10.6 Å². The van der Waals surface area contributed by atoms with Gasteiger partial charge in [0, 0.05) is 0 Å². The van der Waals surface area contributed by atoms with Crippen LogP contribution in [-0.4, -0.2) is 21.7 Å². The summed E-state index contributed by atoms with van der Waals surface area (Å²) < 4.78 is 0. The molecule has 0 spiro atoms. The first-order valence-electron chi connectivity index (χ1n) is 4.97. The lowest BCUT2D eigenvalue weighted by molar-refractivity contribution is -0.121. The van der Waals surface area contributed by atoms with Crippen molar-refractivity contribution in [3.05, 3.63) is 29.8 Å². The SMILES string of the molecule is NNC(=O)CC(S)(NN)C(=O)c1ccccc1O. The number of hydrogen-bond donors (Lipinski definition) is 6. The van der Waals surface area contributed by atoms with Crippen LogP contribution in [0.3, 0.4) is 0 Å². The van der Waals surface area contributed by atoms with Crippen molar-refractivity contribution < 1.29 is 14.7 Å². The van der Waals surface area contributed by atoms with Crippen LogP contribution < -0.4 is 22.5 Å². The van der Waals surface area contributed by atoms with Crippen LogP contribution in [0.4, 0.5) is 0 Å². The van der Waals surface area contributed by atoms with E-state index in [0.29, 0.717) is 0 Å². The van der Waals surface area contributed by atoms with Gasteiger partial charge in [0.2, 0.25) is 5.91 Å². The molecule has 1 aromatic rings. The first-order chi connectivity index (χ1) is 8.44. The van der Waals surface area contributed by atoms with Crippen LogP contribution in [0.25, 0.3) is 0 Å². The number of aromatic hydroxyl groups is 1. The van der Waals surface area contributed by atoms with Gasteiger partial charge in [-0.1, -0.05) is 12.1 Å². The molecule has 18 heavy (non-hydrogen) atoms. The molecule has 1 unspecified atom stereocenters. The zero-order chi connectivity index (χ0) is 13.8. The van der Waals surface area contributed by atoms with Crippen LogP contribution in [0.2, 0.25) is 0 Å². The number of thiol groups is 1. The van der Waals surface area contributed by atoms with E-state index in [2.05, 4.69) is 18.1 Å². The molecule has 0 bridgehead atoms. The number of hydrogen-bond acceptors (Lipinski definition) is 7. The number of carbonyl (C=O) groups is 2. The molecule has 7 N–H and O–H groups in total. The molecule has 0 aromatic heterocycles. The van der Waals surface area contributed by atoms with Gasteiger partial charge >= 0.3 is 0 Å². The summed E-state index contributed by atoms with van der Waals surface area (Å²) in [6, 6.07) is 5.89. The highest BCUT2D eigenvalue weighted by Gasteiger charge is 2.37. The van der Waals surface area contributed by atoms with E-state index >= 15 is 0 Å². The number of hydrazine groups is 2. The molecule has 8 heteroatoms. The normalized spacial score (nSPS) is 13.7. The summed E-state index contributed by atoms with van der Waals surface area (Å²) in [6.07, 6.45) is -0.379. The summed E-state index contributed by atoms with van der Waals surface area (Å²) in [5, 5.41) is 9.58. The highest BCUT2D eigenvalue weighted by Crippen LogP contribution is 2.26. The fourth-order valence-corrected chi connectivity index (χ4v) is 1.63. The summed E-state index contributed by atoms with van der Waals surface area (Å²) in [7, 11) is 0. The first-order valence-corrected chi connectivity index (χ1v) is 5.41. The maximum Gasteiger partial charge on any atom is 0.237 e. The lowest BCUT2D eigenvalue weighted by Gasteiger charge is -2.25. The second-order valence-electron chi connectivity index (χ2n) is 3.60. The standard InChI is InChI=1S/C10H14N4O3S/c11-13-8(16)5-10(18,14-12)9(17)6-3-1-2-4-7(6)15/h1-4,14-15,18H,5,11-12H2,(H,13,16). The molecule has 0 heterocycles. The number of rotatable bonds is 5. The molecule has 0 aliphatic rings. The number of nitrogens with one attached hydrogen (secondary N) is 2. The summed E-state index contributed by atoms with van der Waals surface area (Å²) >= 11 is 4.05. The molecule has 1 aromatic carbocycles. The molecule has 7 nitrogen and oxygen atoms in total. The van der Waals surface area contributed by atoms with Gasteiger partial charge in [-0.2, -0.15) is 0 Å². The van der Waals surface area contributed by atoms with Crippen LogP contribution >= 0.6 is 12.6 Å². The van der Waals surface area contributed by atoms with Crippen molar-refractivity contribution in [2.75, 3.05) is 0 Å². The van der Waals surface area contributed by atoms with E-state index in [0.717, 1.165) is 0 Å². The quantitative estimate of drug-likeness (QED) is 0.102. The van der Waals surface area contributed by atoms with Crippen LogP contribution in [0.5, 0.6) is 5.75 Å². The molecule has 0 aliphatic heterocycles. The van der Waals surface area contributed by atoms with Crippen LogP contribution in [0.15, 0.2) is 24.3 Å². The van der Waals surface area contributed by atoms with Gasteiger partial charge in [-0.05, 0) is 12.1 Å². The van der Waals surface area contributed by atoms with Crippen molar-refractivity contribution in [3.8, 4) is 5.75 Å². The lowest BCUT2D eigenvalue weighted by atomic mass is 10.00. The fourth-order valence-electron chi connectivity index (χ4n) is 1.37. The number of phenolic OH excluding ortho intramolecular Hbond substituents is 1. The van der Waals surface area contributed by atoms with E-state index in [4.69, 9.17) is 11.7 Å². The van der Waals surface area contributed by atoms with Gasteiger partial charge in [0.15, 0.2) is 5.78 Å². The molecule has 1 rings (SSSR count). The molecular formula is C10H14N4O3S. The van der Waals surface area contributed by atoms with Crippen molar-refractivity contribution >= 4 is 24.3 Å². The molecule has 98 valence electrons. The number of para-hydroxylation sites is 1. The third-order valence-corrected chi connectivity index (χ3v) is 2.83. The number of Topliss-reactive ketones (excluding diaryl/α,β-unsaturated/α-hetero) is 1. The smallest absolute Gasteiger partial charge is 0.237 e. The number of carbonyl (C=O) groups excluding carboxylic acids is 2. The monoisotopic (exact) mass is 270 g/mol. The Kier molecular flexibility index (Phi) is 4.68. The number of benzene rings is 1. The Bertz CT molecular complexity index is 468. The number of amides is 1. The molecule has 0 radical (unpaired) electrons. The first kappa shape index (κ1) is 14.5. The average molecular weight is 270 g/mol. The summed E-state index contributed by atoms with van der Waals surface area (Å²) in [4.78, 5) is 21.7. The number of nitrogens with two attached hydrogens (primary N) is 2. The number of phenols is 1. The average Bonchev–Trinajstić information content (AvgIpc) is 2.38. The maximum absolute atomic E-state index is 12.2. The predicted molar refractivity (Wildman–Crippen MR) is 68.4 cm³/mol. The van der Waals surface area contributed by atoms with Gasteiger partial charge in [-0.15, -0.1) is 12.6 Å². The molecule has 0 aliphatic carbocycles. The summed E-state index contributed by atoms with van der Waals surface area (Å²) in [5.74, 6) is 8.72. The predicted octanol–water partition coefficient (Wildman–Crippen LogP) is -0.956. The largest absolute Gasteiger partial charge is 0.507 e. The minimum absolute atomic E-state index is 0.00951. The highest BCUT2D eigenvalue weighted by molar-refractivity contribution is 7.82. The Balaban J connectivity index is 3.05. The maximum atomic E-state index is 12.2. The second-order valence-corrected chi connectivity index (χ2v) is 4.36. The Morgan fingerprint density at radius 2 is 1.94 bits per heavy atom. The van der Waals surface area contributed by atoms with E-state index in [9.17, 15) is 14.7 Å². The minimum atomic E-state index is -1.65. The topological polar surface area (TPSA) is 130 Å². The minimum Gasteiger partial charge on any atom is -0.507 e. The zero-order valence-electron chi connectivity index (χ0n) is 9.38. The second kappa shape index (κ2) is 5.83. The number of ketones is 1. The van der Waals surface area contributed by atoms with Crippen molar-refractivity contribution in [3.63, 3.8) is 0 Å². The van der Waals surface area contributed by atoms with E-state index < -0.39 is 16.6 Å². The third kappa shape index (κ3) is 2.99. The van der Waals surface area contributed by atoms with E-state index in [-0.39, 0.29) is 17.7 Å². The van der Waals surface area contributed by atoms with Gasteiger partial charge in [-0.25, -0.2) is 11.3 Å². The van der Waals surface area contributed by atoms with Crippen molar-refractivity contribution in [1.29, 1.82) is 0 Å². The van der Waals surface area contributed by atoms with Gasteiger partial charge in [-0.3, -0.25) is 20.9 Å². The Labute approximate surface area is 109 Å². The molecule has 0 saturated carbocycles. The molecule has 1 amide bonds. The zero-order valence-corrected chi connectivity index (χ0v) is 10.3. The highest BCUT2D eigenvalue weighted by atomic mass is 32.1. The van der Waals surface area contributed by atoms with E-state index in [1.165, 1.54) is 12.1 Å². The van der Waals surface area contributed by atoms with Crippen LogP contribution in [0.1, 0.15) is 16.8 Å². The third-order valence-electron chi connectivity index (χ3n) is 2.34. The Hall–Kier alpha value is -1.61. The molecular weight excluding hydrogens is 256 g/mol. The van der Waals surface area contributed by atoms with Crippen LogP contribution in [-0.2, 0) is 4.79 Å². The van der Waals surface area contributed by atoms with Crippen LogP contribution in [0, 0.1) is 0 Å². The van der Waals surface area contributed by atoms with Crippen molar-refractivity contribution in [1.82, 2.24) is 10.9 Å². The Morgan fingerprint density at radius 3 is 2.44 bits per heavy atom. The van der Waals surface area contributed by atoms with Gasteiger partial charge < -0.3 is 5.11 Å². The van der Waals surface area contributed by atoms with Gasteiger partial charge in [0.25, 0.3) is 0 Å². The van der Waals surface area contributed by atoms with Crippen molar-refractivity contribution in [2.45, 2.75) is 11.3 Å². The lowest BCUT2D eigenvalue weighted by Crippen LogP contribution is -2.54. The molecule has 1 atom stereocenters. The Morgan fingerprint density at radius 1 is 1.33 bits per heavy atom. The van der Waals surface area contributed by atoms with Gasteiger partial charge in [0.05, 0.1) is 12.0 Å². The summed E-state index contributed by atoms with van der Waals surface area (Å²) in [5.41, 5.74) is 4.04. The van der Waals surface area contributed by atoms with E-state index in [1.807, 2.05) is 5.43 Å². The van der Waals surface area contributed by atoms with Crippen molar-refractivity contribution in [2.24, 2.45) is 11.7 Å².